The first-order chi connectivity index (χ1) is 11.2. The zero-order valence-corrected chi connectivity index (χ0v) is 13.9. The van der Waals surface area contributed by atoms with E-state index < -0.39 is 0 Å². The van der Waals surface area contributed by atoms with Crippen LogP contribution in [-0.4, -0.2) is 47.9 Å². The SMILES string of the molecule is O=C(c1cc2cc(Cl)ccc2o1)N1CCCC1CN1CCCC1. The zero-order valence-electron chi connectivity index (χ0n) is 13.1. The maximum Gasteiger partial charge on any atom is 0.289 e. The van der Waals surface area contributed by atoms with Crippen LogP contribution in [0.5, 0.6) is 0 Å². The average molecular weight is 333 g/mol. The largest absolute Gasteiger partial charge is 0.451 e. The lowest BCUT2D eigenvalue weighted by atomic mass is 10.2. The van der Waals surface area contributed by atoms with Crippen LogP contribution < -0.4 is 0 Å². The van der Waals surface area contributed by atoms with Gasteiger partial charge in [0.2, 0.25) is 0 Å². The quantitative estimate of drug-likeness (QED) is 0.858. The number of hydrogen-bond donors (Lipinski definition) is 0. The molecule has 0 aliphatic carbocycles. The van der Waals surface area contributed by atoms with Gasteiger partial charge in [-0.1, -0.05) is 11.6 Å². The van der Waals surface area contributed by atoms with Crippen molar-refractivity contribution in [2.75, 3.05) is 26.2 Å². The molecule has 3 heterocycles. The molecule has 4 nitrogen and oxygen atoms in total. The number of halogens is 1. The molecule has 2 aliphatic rings. The standard InChI is InChI=1S/C18H21ClN2O2/c19-14-5-6-16-13(10-14)11-17(23-16)18(22)21-9-3-4-15(21)12-20-7-1-2-8-20/h5-6,10-11,15H,1-4,7-9,12H2. The summed E-state index contributed by atoms with van der Waals surface area (Å²) < 4.78 is 5.75. The van der Waals surface area contributed by atoms with Crippen molar-refractivity contribution in [1.29, 1.82) is 0 Å². The Labute approximate surface area is 141 Å². The second kappa shape index (κ2) is 6.17. The lowest BCUT2D eigenvalue weighted by molar-refractivity contribution is 0.0679. The second-order valence-electron chi connectivity index (χ2n) is 6.60. The Kier molecular flexibility index (Phi) is 4.04. The van der Waals surface area contributed by atoms with Crippen molar-refractivity contribution in [3.8, 4) is 0 Å². The van der Waals surface area contributed by atoms with Crippen molar-refractivity contribution in [3.05, 3.63) is 35.0 Å². The van der Waals surface area contributed by atoms with Crippen molar-refractivity contribution in [1.82, 2.24) is 9.80 Å². The van der Waals surface area contributed by atoms with Crippen LogP contribution in [-0.2, 0) is 0 Å². The lowest BCUT2D eigenvalue weighted by Crippen LogP contribution is -2.42. The molecule has 0 saturated carbocycles. The van der Waals surface area contributed by atoms with E-state index in [4.69, 9.17) is 16.0 Å². The van der Waals surface area contributed by atoms with E-state index in [9.17, 15) is 4.79 Å². The fourth-order valence-corrected chi connectivity index (χ4v) is 4.00. The predicted octanol–water partition coefficient (Wildman–Crippen LogP) is 3.79. The predicted molar refractivity (Wildman–Crippen MR) is 91.0 cm³/mol. The summed E-state index contributed by atoms with van der Waals surface area (Å²) in [5.41, 5.74) is 0.716. The Hall–Kier alpha value is -1.52. The van der Waals surface area contributed by atoms with E-state index in [1.54, 1.807) is 6.07 Å². The Morgan fingerprint density at radius 3 is 2.83 bits per heavy atom. The number of furan rings is 1. The average Bonchev–Trinajstić information content (AvgIpc) is 3.26. The van der Waals surface area contributed by atoms with Gasteiger partial charge in [0.15, 0.2) is 5.76 Å². The molecular formula is C18H21ClN2O2. The molecule has 4 rings (SSSR count). The molecule has 1 atom stereocenters. The molecule has 2 aliphatic heterocycles. The van der Waals surface area contributed by atoms with Gasteiger partial charge in [-0.3, -0.25) is 4.79 Å². The van der Waals surface area contributed by atoms with Gasteiger partial charge in [-0.05, 0) is 63.0 Å². The smallest absolute Gasteiger partial charge is 0.289 e. The summed E-state index contributed by atoms with van der Waals surface area (Å²) in [7, 11) is 0. The van der Waals surface area contributed by atoms with Crippen LogP contribution in [0.3, 0.4) is 0 Å². The molecule has 1 unspecified atom stereocenters. The Bertz CT molecular complexity index is 721. The van der Waals surface area contributed by atoms with Gasteiger partial charge in [0.1, 0.15) is 5.58 Å². The maximum absolute atomic E-state index is 12.9. The summed E-state index contributed by atoms with van der Waals surface area (Å²) in [5, 5.41) is 1.54. The summed E-state index contributed by atoms with van der Waals surface area (Å²) in [4.78, 5) is 17.3. The number of nitrogens with zero attached hydrogens (tertiary/aromatic N) is 2. The molecule has 0 radical (unpaired) electrons. The topological polar surface area (TPSA) is 36.7 Å². The minimum absolute atomic E-state index is 0.0130. The van der Waals surface area contributed by atoms with E-state index in [1.807, 2.05) is 23.1 Å². The van der Waals surface area contributed by atoms with E-state index in [0.717, 1.165) is 31.3 Å². The molecule has 5 heteroatoms. The normalized spacial score (nSPS) is 22.3. The number of amides is 1. The summed E-state index contributed by atoms with van der Waals surface area (Å²) in [6.45, 7) is 4.16. The highest BCUT2D eigenvalue weighted by atomic mass is 35.5. The highest BCUT2D eigenvalue weighted by molar-refractivity contribution is 6.31. The number of fused-ring (bicyclic) bond motifs is 1. The number of benzene rings is 1. The Balaban J connectivity index is 1.53. The Morgan fingerprint density at radius 2 is 2.00 bits per heavy atom. The van der Waals surface area contributed by atoms with Crippen LogP contribution in [0.15, 0.2) is 28.7 Å². The van der Waals surface area contributed by atoms with E-state index >= 15 is 0 Å². The zero-order chi connectivity index (χ0) is 15.8. The van der Waals surface area contributed by atoms with E-state index in [2.05, 4.69) is 4.90 Å². The molecule has 2 saturated heterocycles. The highest BCUT2D eigenvalue weighted by Crippen LogP contribution is 2.27. The van der Waals surface area contributed by atoms with Crippen LogP contribution in [0.25, 0.3) is 11.0 Å². The minimum atomic E-state index is 0.0130. The number of rotatable bonds is 3. The van der Waals surface area contributed by atoms with Gasteiger partial charge in [-0.2, -0.15) is 0 Å². The first kappa shape index (κ1) is 15.0. The number of hydrogen-bond acceptors (Lipinski definition) is 3. The number of likely N-dealkylation sites (tertiary alicyclic amines) is 2. The third-order valence-corrected chi connectivity index (χ3v) is 5.23. The van der Waals surface area contributed by atoms with Gasteiger partial charge >= 0.3 is 0 Å². The molecule has 1 amide bonds. The molecule has 0 N–H and O–H groups in total. The van der Waals surface area contributed by atoms with Crippen LogP contribution in [0.4, 0.5) is 0 Å². The fourth-order valence-electron chi connectivity index (χ4n) is 3.82. The van der Waals surface area contributed by atoms with Crippen LogP contribution in [0, 0.1) is 0 Å². The van der Waals surface area contributed by atoms with Crippen LogP contribution in [0.1, 0.15) is 36.2 Å². The number of carbonyl (C=O) groups is 1. The van der Waals surface area contributed by atoms with E-state index in [1.165, 1.54) is 25.9 Å². The summed E-state index contributed by atoms with van der Waals surface area (Å²) in [6.07, 6.45) is 4.74. The van der Waals surface area contributed by atoms with Gasteiger partial charge in [0, 0.05) is 29.5 Å². The number of carbonyl (C=O) groups excluding carboxylic acids is 1. The molecular weight excluding hydrogens is 312 g/mol. The van der Waals surface area contributed by atoms with Gasteiger partial charge in [-0.15, -0.1) is 0 Å². The van der Waals surface area contributed by atoms with Crippen molar-refractivity contribution < 1.29 is 9.21 Å². The maximum atomic E-state index is 12.9. The lowest BCUT2D eigenvalue weighted by Gasteiger charge is -2.27. The third-order valence-electron chi connectivity index (χ3n) is 4.99. The molecule has 0 bridgehead atoms. The summed E-state index contributed by atoms with van der Waals surface area (Å²) in [5.74, 6) is 0.439. The highest BCUT2D eigenvalue weighted by Gasteiger charge is 2.32. The first-order valence-corrected chi connectivity index (χ1v) is 8.81. The Morgan fingerprint density at radius 1 is 1.17 bits per heavy atom. The van der Waals surface area contributed by atoms with Crippen molar-refractivity contribution in [2.45, 2.75) is 31.7 Å². The van der Waals surface area contributed by atoms with Gasteiger partial charge in [-0.25, -0.2) is 0 Å². The van der Waals surface area contributed by atoms with Gasteiger partial charge in [0.05, 0.1) is 0 Å². The summed E-state index contributed by atoms with van der Waals surface area (Å²) in [6, 6.07) is 7.57. The minimum Gasteiger partial charge on any atom is -0.451 e. The molecule has 23 heavy (non-hydrogen) atoms. The third kappa shape index (κ3) is 2.98. The molecule has 1 aromatic heterocycles. The first-order valence-electron chi connectivity index (χ1n) is 8.43. The summed E-state index contributed by atoms with van der Waals surface area (Å²) >= 11 is 6.01. The van der Waals surface area contributed by atoms with Crippen LogP contribution >= 0.6 is 11.6 Å². The molecule has 122 valence electrons. The molecule has 1 aromatic carbocycles. The van der Waals surface area contributed by atoms with E-state index in [0.29, 0.717) is 22.4 Å². The van der Waals surface area contributed by atoms with E-state index in [-0.39, 0.29) is 5.91 Å². The van der Waals surface area contributed by atoms with Crippen LogP contribution in [0.2, 0.25) is 5.02 Å². The second-order valence-corrected chi connectivity index (χ2v) is 7.03. The van der Waals surface area contributed by atoms with Crippen molar-refractivity contribution >= 4 is 28.5 Å². The molecule has 2 aromatic rings. The monoisotopic (exact) mass is 332 g/mol. The van der Waals surface area contributed by atoms with Crippen molar-refractivity contribution in [2.24, 2.45) is 0 Å². The van der Waals surface area contributed by atoms with Crippen molar-refractivity contribution in [3.63, 3.8) is 0 Å². The fraction of sp³-hybridized carbons (Fsp3) is 0.500. The molecule has 2 fully saturated rings. The molecule has 0 spiro atoms. The van der Waals surface area contributed by atoms with Gasteiger partial charge < -0.3 is 14.2 Å². The van der Waals surface area contributed by atoms with Gasteiger partial charge in [0.25, 0.3) is 5.91 Å².